The molecular formula is C16H19ClN2S. The van der Waals surface area contributed by atoms with E-state index in [2.05, 4.69) is 49.1 Å². The second kappa shape index (κ2) is 5.82. The predicted octanol–water partition coefficient (Wildman–Crippen LogP) is 4.30. The van der Waals surface area contributed by atoms with E-state index in [-0.39, 0.29) is 0 Å². The smallest absolute Gasteiger partial charge is 0.137 e. The third kappa shape index (κ3) is 2.49. The zero-order chi connectivity index (χ0) is 14.1. The highest BCUT2D eigenvalue weighted by Crippen LogP contribution is 2.33. The highest BCUT2D eigenvalue weighted by Gasteiger charge is 2.27. The third-order valence-electron chi connectivity index (χ3n) is 4.07. The lowest BCUT2D eigenvalue weighted by atomic mass is 10.1. The summed E-state index contributed by atoms with van der Waals surface area (Å²) in [5, 5.41) is 3.09. The lowest BCUT2D eigenvalue weighted by molar-refractivity contribution is 0.622. The Morgan fingerprint density at radius 1 is 1.35 bits per heavy atom. The molecule has 1 aromatic carbocycles. The number of hydrogen-bond donors (Lipinski definition) is 0. The standard InChI is InChI=1S/C16H19ClN2S/c1-11-12(2)20-8-7-19(11)16-15-6-4-3-5-13(15)9-14(10-17)18-16/h3-6,9,11-12H,7-8,10H2,1-2H3. The first kappa shape index (κ1) is 14.0. The van der Waals surface area contributed by atoms with Gasteiger partial charge in [0.1, 0.15) is 5.82 Å². The molecule has 2 unspecified atom stereocenters. The number of aromatic nitrogens is 1. The molecule has 1 saturated heterocycles. The molecule has 0 spiro atoms. The first-order valence-corrected chi connectivity index (χ1v) is 8.62. The van der Waals surface area contributed by atoms with E-state index in [4.69, 9.17) is 16.6 Å². The summed E-state index contributed by atoms with van der Waals surface area (Å²) in [6, 6.07) is 11.1. The van der Waals surface area contributed by atoms with Crippen LogP contribution >= 0.6 is 23.4 Å². The fourth-order valence-corrected chi connectivity index (χ4v) is 3.99. The lowest BCUT2D eigenvalue weighted by Gasteiger charge is -2.39. The van der Waals surface area contributed by atoms with E-state index in [0.29, 0.717) is 17.2 Å². The van der Waals surface area contributed by atoms with Gasteiger partial charge in [0.2, 0.25) is 0 Å². The van der Waals surface area contributed by atoms with E-state index >= 15 is 0 Å². The van der Waals surface area contributed by atoms with E-state index in [1.54, 1.807) is 0 Å². The van der Waals surface area contributed by atoms with Crippen molar-refractivity contribution in [2.24, 2.45) is 0 Å². The van der Waals surface area contributed by atoms with Crippen molar-refractivity contribution >= 4 is 40.0 Å². The number of anilines is 1. The van der Waals surface area contributed by atoms with E-state index in [0.717, 1.165) is 23.8 Å². The number of fused-ring (bicyclic) bond motifs is 1. The van der Waals surface area contributed by atoms with Crippen molar-refractivity contribution in [2.75, 3.05) is 17.2 Å². The second-order valence-electron chi connectivity index (χ2n) is 5.30. The Bertz CT molecular complexity index is 616. The summed E-state index contributed by atoms with van der Waals surface area (Å²) < 4.78 is 0. The van der Waals surface area contributed by atoms with Gasteiger partial charge < -0.3 is 4.90 Å². The summed E-state index contributed by atoms with van der Waals surface area (Å²) in [6.45, 7) is 5.65. The number of halogens is 1. The van der Waals surface area contributed by atoms with Crippen LogP contribution in [0.25, 0.3) is 10.8 Å². The zero-order valence-corrected chi connectivity index (χ0v) is 13.4. The van der Waals surface area contributed by atoms with Crippen LogP contribution in [-0.2, 0) is 5.88 Å². The molecule has 2 nitrogen and oxygen atoms in total. The molecule has 0 N–H and O–H groups in total. The molecule has 2 atom stereocenters. The maximum Gasteiger partial charge on any atom is 0.137 e. The number of benzene rings is 1. The minimum absolute atomic E-state index is 0.463. The molecule has 20 heavy (non-hydrogen) atoms. The molecule has 1 fully saturated rings. The van der Waals surface area contributed by atoms with Crippen LogP contribution in [0, 0.1) is 0 Å². The molecule has 0 bridgehead atoms. The first-order valence-electron chi connectivity index (χ1n) is 7.03. The molecule has 0 saturated carbocycles. The third-order valence-corrected chi connectivity index (χ3v) is 5.68. The van der Waals surface area contributed by atoms with Crippen molar-refractivity contribution in [3.05, 3.63) is 36.0 Å². The quantitative estimate of drug-likeness (QED) is 0.769. The van der Waals surface area contributed by atoms with Crippen LogP contribution in [0.5, 0.6) is 0 Å². The molecular weight excluding hydrogens is 288 g/mol. The topological polar surface area (TPSA) is 16.1 Å². The van der Waals surface area contributed by atoms with E-state index < -0.39 is 0 Å². The lowest BCUT2D eigenvalue weighted by Crippen LogP contribution is -2.45. The summed E-state index contributed by atoms with van der Waals surface area (Å²) in [5.41, 5.74) is 0.957. The number of thioether (sulfide) groups is 1. The SMILES string of the molecule is CC1SCCN(c2nc(CCl)cc3ccccc23)C1C. The maximum absolute atomic E-state index is 6.02. The van der Waals surface area contributed by atoms with E-state index in [1.807, 2.05) is 11.8 Å². The average Bonchev–Trinajstić information content (AvgIpc) is 2.49. The van der Waals surface area contributed by atoms with Crippen LogP contribution in [0.3, 0.4) is 0 Å². The van der Waals surface area contributed by atoms with Crippen molar-refractivity contribution in [3.63, 3.8) is 0 Å². The van der Waals surface area contributed by atoms with Gasteiger partial charge in [-0.1, -0.05) is 31.2 Å². The molecule has 1 aliphatic heterocycles. The van der Waals surface area contributed by atoms with E-state index in [9.17, 15) is 0 Å². The molecule has 1 aromatic heterocycles. The fourth-order valence-electron chi connectivity index (χ4n) is 2.75. The highest BCUT2D eigenvalue weighted by molar-refractivity contribution is 8.00. The van der Waals surface area contributed by atoms with Crippen molar-refractivity contribution in [1.29, 1.82) is 0 Å². The van der Waals surface area contributed by atoms with Crippen molar-refractivity contribution in [1.82, 2.24) is 4.98 Å². The minimum atomic E-state index is 0.463. The van der Waals surface area contributed by atoms with Gasteiger partial charge in [-0.05, 0) is 18.4 Å². The van der Waals surface area contributed by atoms with Gasteiger partial charge in [0.25, 0.3) is 0 Å². The highest BCUT2D eigenvalue weighted by atomic mass is 35.5. The van der Waals surface area contributed by atoms with Gasteiger partial charge >= 0.3 is 0 Å². The molecule has 3 rings (SSSR count). The second-order valence-corrected chi connectivity index (χ2v) is 7.05. The molecule has 0 aliphatic carbocycles. The van der Waals surface area contributed by atoms with E-state index in [1.165, 1.54) is 10.8 Å². The molecule has 1 aliphatic rings. The molecule has 106 valence electrons. The summed E-state index contributed by atoms with van der Waals surface area (Å²) in [5.74, 6) is 2.72. The molecule has 0 radical (unpaired) electrons. The van der Waals surface area contributed by atoms with Gasteiger partial charge in [0.15, 0.2) is 0 Å². The molecule has 2 aromatic rings. The number of pyridine rings is 1. The summed E-state index contributed by atoms with van der Waals surface area (Å²) >= 11 is 8.06. The van der Waals surface area contributed by atoms with Crippen LogP contribution in [0.15, 0.2) is 30.3 Å². The summed E-state index contributed by atoms with van der Waals surface area (Å²) in [4.78, 5) is 7.26. The van der Waals surface area contributed by atoms with Crippen molar-refractivity contribution in [3.8, 4) is 0 Å². The Morgan fingerprint density at radius 2 is 2.15 bits per heavy atom. The van der Waals surface area contributed by atoms with Gasteiger partial charge in [-0.2, -0.15) is 11.8 Å². The summed E-state index contributed by atoms with van der Waals surface area (Å²) in [7, 11) is 0. The average molecular weight is 307 g/mol. The van der Waals surface area contributed by atoms with Crippen LogP contribution in [-0.4, -0.2) is 28.6 Å². The van der Waals surface area contributed by atoms with Gasteiger partial charge in [0.05, 0.1) is 11.6 Å². The Balaban J connectivity index is 2.13. The Morgan fingerprint density at radius 3 is 2.95 bits per heavy atom. The minimum Gasteiger partial charge on any atom is -0.351 e. The van der Waals surface area contributed by atoms with Crippen LogP contribution in [0.1, 0.15) is 19.5 Å². The van der Waals surface area contributed by atoms with Crippen molar-refractivity contribution < 1.29 is 0 Å². The number of nitrogens with zero attached hydrogens (tertiary/aromatic N) is 2. The van der Waals surface area contributed by atoms with Crippen molar-refractivity contribution in [2.45, 2.75) is 31.0 Å². The first-order chi connectivity index (χ1) is 9.70. The zero-order valence-electron chi connectivity index (χ0n) is 11.8. The van der Waals surface area contributed by atoms with Gasteiger partial charge in [0, 0.05) is 29.0 Å². The predicted molar refractivity (Wildman–Crippen MR) is 90.0 cm³/mol. The Labute approximate surface area is 129 Å². The molecule has 4 heteroatoms. The maximum atomic E-state index is 6.02. The van der Waals surface area contributed by atoms with Gasteiger partial charge in [-0.3, -0.25) is 0 Å². The fraction of sp³-hybridized carbons (Fsp3) is 0.438. The molecule has 0 amide bonds. The van der Waals surface area contributed by atoms with Crippen LogP contribution in [0.2, 0.25) is 0 Å². The van der Waals surface area contributed by atoms with Gasteiger partial charge in [-0.15, -0.1) is 11.6 Å². The molecule has 2 heterocycles. The van der Waals surface area contributed by atoms with Gasteiger partial charge in [-0.25, -0.2) is 4.98 Å². The van der Waals surface area contributed by atoms with Crippen LogP contribution < -0.4 is 4.90 Å². The Hall–Kier alpha value is -0.930. The normalized spacial score (nSPS) is 23.2. The largest absolute Gasteiger partial charge is 0.351 e. The number of hydrogen-bond acceptors (Lipinski definition) is 3. The number of alkyl halides is 1. The number of rotatable bonds is 2. The summed E-state index contributed by atoms with van der Waals surface area (Å²) in [6.07, 6.45) is 0. The van der Waals surface area contributed by atoms with Crippen LogP contribution in [0.4, 0.5) is 5.82 Å². The monoisotopic (exact) mass is 306 g/mol. The Kier molecular flexibility index (Phi) is 4.08.